The molecule has 0 fully saturated rings. The number of nitrogens with two attached hydrogens (primary N) is 1. The molecule has 0 aliphatic rings. The minimum atomic E-state index is -0.407. The van der Waals surface area contributed by atoms with Gasteiger partial charge in [0.2, 0.25) is 5.95 Å². The highest BCUT2D eigenvalue weighted by molar-refractivity contribution is 5.49. The topological polar surface area (TPSA) is 77.6 Å². The summed E-state index contributed by atoms with van der Waals surface area (Å²) in [5.74, 6) is 0.0365. The van der Waals surface area contributed by atoms with Crippen LogP contribution in [0.25, 0.3) is 11.5 Å². The molecule has 2 heterocycles. The number of anilines is 1. The lowest BCUT2D eigenvalue weighted by molar-refractivity contribution is 0.621. The Morgan fingerprint density at radius 2 is 2.00 bits per heavy atom. The van der Waals surface area contributed by atoms with E-state index in [9.17, 15) is 4.39 Å². The third-order valence-corrected chi connectivity index (χ3v) is 1.55. The largest absolute Gasteiger partial charge is 0.368 e. The van der Waals surface area contributed by atoms with Gasteiger partial charge in [-0.15, -0.1) is 0 Å². The highest BCUT2D eigenvalue weighted by Gasteiger charge is 2.03. The second kappa shape index (κ2) is 3.33. The molecule has 2 aromatic heterocycles. The standard InChI is InChI=1S/C8H6FN5/c9-5-1-2-6(11-3-5)7-12-4-13-8(10)14-7/h1-4H,(H2,10,12,13,14). The van der Waals surface area contributed by atoms with Gasteiger partial charge in [-0.05, 0) is 12.1 Å². The number of aromatic nitrogens is 4. The van der Waals surface area contributed by atoms with Crippen LogP contribution in [0.15, 0.2) is 24.7 Å². The summed E-state index contributed by atoms with van der Waals surface area (Å²) < 4.78 is 12.5. The molecule has 0 atom stereocenters. The Morgan fingerprint density at radius 3 is 2.64 bits per heavy atom. The van der Waals surface area contributed by atoms with E-state index in [1.54, 1.807) is 0 Å². The van der Waals surface area contributed by atoms with Gasteiger partial charge in [0.05, 0.1) is 6.20 Å². The smallest absolute Gasteiger partial charge is 0.223 e. The fourth-order valence-electron chi connectivity index (χ4n) is 0.940. The van der Waals surface area contributed by atoms with Crippen molar-refractivity contribution in [1.82, 2.24) is 19.9 Å². The second-order valence-electron chi connectivity index (χ2n) is 2.53. The van der Waals surface area contributed by atoms with E-state index in [4.69, 9.17) is 5.73 Å². The Balaban J connectivity index is 2.44. The predicted molar refractivity (Wildman–Crippen MR) is 47.4 cm³/mol. The van der Waals surface area contributed by atoms with E-state index in [1.807, 2.05) is 0 Å². The van der Waals surface area contributed by atoms with E-state index in [-0.39, 0.29) is 5.95 Å². The zero-order valence-electron chi connectivity index (χ0n) is 7.05. The first kappa shape index (κ1) is 8.49. The van der Waals surface area contributed by atoms with Gasteiger partial charge in [-0.3, -0.25) is 0 Å². The van der Waals surface area contributed by atoms with Crippen LogP contribution in [0.2, 0.25) is 0 Å². The summed E-state index contributed by atoms with van der Waals surface area (Å²) >= 11 is 0. The Morgan fingerprint density at radius 1 is 1.14 bits per heavy atom. The van der Waals surface area contributed by atoms with Crippen LogP contribution in [0.5, 0.6) is 0 Å². The molecule has 0 aliphatic carbocycles. The van der Waals surface area contributed by atoms with Gasteiger partial charge in [0.1, 0.15) is 17.8 Å². The quantitative estimate of drug-likeness (QED) is 0.716. The van der Waals surface area contributed by atoms with Gasteiger partial charge in [0.25, 0.3) is 0 Å². The highest BCUT2D eigenvalue weighted by atomic mass is 19.1. The van der Waals surface area contributed by atoms with Crippen molar-refractivity contribution in [2.45, 2.75) is 0 Å². The van der Waals surface area contributed by atoms with Crippen LogP contribution in [0, 0.1) is 5.82 Å². The maximum absolute atomic E-state index is 12.5. The average molecular weight is 191 g/mol. The number of hydrogen-bond donors (Lipinski definition) is 1. The van der Waals surface area contributed by atoms with Crippen LogP contribution in [-0.4, -0.2) is 19.9 Å². The van der Waals surface area contributed by atoms with Gasteiger partial charge in [-0.2, -0.15) is 4.98 Å². The molecule has 0 amide bonds. The first-order valence-corrected chi connectivity index (χ1v) is 3.82. The summed E-state index contributed by atoms with van der Waals surface area (Å²) in [6, 6.07) is 2.76. The first-order valence-electron chi connectivity index (χ1n) is 3.82. The molecule has 14 heavy (non-hydrogen) atoms. The molecule has 5 nitrogen and oxygen atoms in total. The monoisotopic (exact) mass is 191 g/mol. The normalized spacial score (nSPS) is 10.1. The van der Waals surface area contributed by atoms with Crippen molar-refractivity contribution >= 4 is 5.95 Å². The van der Waals surface area contributed by atoms with E-state index < -0.39 is 5.82 Å². The number of nitrogen functional groups attached to an aromatic ring is 1. The van der Waals surface area contributed by atoms with Crippen LogP contribution in [0.3, 0.4) is 0 Å². The van der Waals surface area contributed by atoms with Crippen molar-refractivity contribution in [3.05, 3.63) is 30.5 Å². The van der Waals surface area contributed by atoms with Crippen molar-refractivity contribution in [2.24, 2.45) is 0 Å². The molecule has 0 aliphatic heterocycles. The van der Waals surface area contributed by atoms with Crippen LogP contribution in [0.4, 0.5) is 10.3 Å². The summed E-state index contributed by atoms with van der Waals surface area (Å²) in [6.45, 7) is 0. The predicted octanol–water partition coefficient (Wildman–Crippen LogP) is 0.655. The molecular formula is C8H6FN5. The lowest BCUT2D eigenvalue weighted by Gasteiger charge is -1.98. The number of rotatable bonds is 1. The minimum absolute atomic E-state index is 0.112. The van der Waals surface area contributed by atoms with Crippen LogP contribution in [-0.2, 0) is 0 Å². The second-order valence-corrected chi connectivity index (χ2v) is 2.53. The van der Waals surface area contributed by atoms with Gasteiger partial charge in [0.15, 0.2) is 5.82 Å². The molecule has 0 saturated carbocycles. The van der Waals surface area contributed by atoms with E-state index in [1.165, 1.54) is 18.5 Å². The molecule has 0 bridgehead atoms. The van der Waals surface area contributed by atoms with Gasteiger partial charge >= 0.3 is 0 Å². The number of pyridine rings is 1. The van der Waals surface area contributed by atoms with Gasteiger partial charge in [-0.25, -0.2) is 19.3 Å². The zero-order chi connectivity index (χ0) is 9.97. The minimum Gasteiger partial charge on any atom is -0.368 e. The van der Waals surface area contributed by atoms with E-state index in [0.717, 1.165) is 6.20 Å². The Bertz CT molecular complexity index is 442. The summed E-state index contributed by atoms with van der Waals surface area (Å²) in [7, 11) is 0. The maximum Gasteiger partial charge on any atom is 0.223 e. The molecule has 2 aromatic rings. The SMILES string of the molecule is Nc1ncnc(-c2ccc(F)cn2)n1. The molecule has 2 N–H and O–H groups in total. The third kappa shape index (κ3) is 1.63. The average Bonchev–Trinajstić information content (AvgIpc) is 2.19. The summed E-state index contributed by atoms with van der Waals surface area (Å²) in [5, 5.41) is 0. The highest BCUT2D eigenvalue weighted by Crippen LogP contribution is 2.10. The van der Waals surface area contributed by atoms with E-state index in [2.05, 4.69) is 19.9 Å². The lowest BCUT2D eigenvalue weighted by atomic mass is 10.3. The first-order chi connectivity index (χ1) is 6.75. The number of hydrogen-bond acceptors (Lipinski definition) is 5. The summed E-state index contributed by atoms with van der Waals surface area (Å²) in [6.07, 6.45) is 2.37. The van der Waals surface area contributed by atoms with Crippen LogP contribution < -0.4 is 5.73 Å². The maximum atomic E-state index is 12.5. The fourth-order valence-corrected chi connectivity index (χ4v) is 0.940. The number of halogens is 1. The third-order valence-electron chi connectivity index (χ3n) is 1.55. The van der Waals surface area contributed by atoms with Crippen molar-refractivity contribution in [1.29, 1.82) is 0 Å². The Labute approximate surface area is 78.9 Å². The molecule has 70 valence electrons. The molecule has 0 spiro atoms. The van der Waals surface area contributed by atoms with E-state index in [0.29, 0.717) is 11.5 Å². The molecule has 0 radical (unpaired) electrons. The molecular weight excluding hydrogens is 185 g/mol. The molecule has 0 aromatic carbocycles. The van der Waals surface area contributed by atoms with Gasteiger partial charge < -0.3 is 5.73 Å². The molecule has 0 unspecified atom stereocenters. The molecule has 0 saturated heterocycles. The molecule has 2 rings (SSSR count). The zero-order valence-corrected chi connectivity index (χ0v) is 7.05. The Kier molecular flexibility index (Phi) is 2.02. The van der Waals surface area contributed by atoms with Crippen molar-refractivity contribution in [2.75, 3.05) is 5.73 Å². The van der Waals surface area contributed by atoms with Crippen molar-refractivity contribution in [3.8, 4) is 11.5 Å². The van der Waals surface area contributed by atoms with E-state index >= 15 is 0 Å². The van der Waals surface area contributed by atoms with Gasteiger partial charge in [0, 0.05) is 0 Å². The van der Waals surface area contributed by atoms with Crippen LogP contribution >= 0.6 is 0 Å². The summed E-state index contributed by atoms with van der Waals surface area (Å²) in [5.41, 5.74) is 5.82. The van der Waals surface area contributed by atoms with Crippen LogP contribution in [0.1, 0.15) is 0 Å². The van der Waals surface area contributed by atoms with Crippen molar-refractivity contribution in [3.63, 3.8) is 0 Å². The lowest BCUT2D eigenvalue weighted by Crippen LogP contribution is -1.99. The van der Waals surface area contributed by atoms with Gasteiger partial charge in [-0.1, -0.05) is 0 Å². The molecule has 6 heteroatoms. The van der Waals surface area contributed by atoms with Crippen molar-refractivity contribution < 1.29 is 4.39 Å². The summed E-state index contributed by atoms with van der Waals surface area (Å²) in [4.78, 5) is 15.1. The Hall–Kier alpha value is -2.11. The number of nitrogens with zero attached hydrogens (tertiary/aromatic N) is 4. The fraction of sp³-hybridized carbons (Fsp3) is 0.